The molecule has 0 fully saturated rings. The van der Waals surface area contributed by atoms with Crippen LogP contribution in [0.4, 0.5) is 10.5 Å². The van der Waals surface area contributed by atoms with Crippen molar-refractivity contribution in [2.24, 2.45) is 5.14 Å². The van der Waals surface area contributed by atoms with Crippen LogP contribution in [0, 0.1) is 6.92 Å². The molecule has 2 aromatic carbocycles. The van der Waals surface area contributed by atoms with Gasteiger partial charge >= 0.3 is 6.03 Å². The number of anilines is 1. The zero-order valence-electron chi connectivity index (χ0n) is 15.2. The Bertz CT molecular complexity index is 895. The molecule has 0 heterocycles. The standard InChI is InChI=1S/C18H23N3O4S/c1-12-5-10-17(25-4)16(11-12)20-18(22)21(3)13(2)14-6-8-15(9-7-14)26(19,23)24/h5-11,13H,1-4H3,(H,20,22)(H2,19,23,24)/t13-/m0/s1. The Labute approximate surface area is 153 Å². The summed E-state index contributed by atoms with van der Waals surface area (Å²) in [6, 6.07) is 11.1. The topological polar surface area (TPSA) is 102 Å². The van der Waals surface area contributed by atoms with E-state index in [0.29, 0.717) is 11.4 Å². The molecule has 0 aromatic heterocycles. The van der Waals surface area contributed by atoms with Gasteiger partial charge in [0, 0.05) is 7.05 Å². The normalized spacial score (nSPS) is 12.3. The number of primary sulfonamides is 1. The molecule has 0 saturated heterocycles. The van der Waals surface area contributed by atoms with Gasteiger partial charge in [-0.3, -0.25) is 0 Å². The Kier molecular flexibility index (Phi) is 5.89. The van der Waals surface area contributed by atoms with E-state index < -0.39 is 10.0 Å². The van der Waals surface area contributed by atoms with Crippen molar-refractivity contribution in [1.82, 2.24) is 4.90 Å². The molecule has 26 heavy (non-hydrogen) atoms. The molecule has 8 heteroatoms. The van der Waals surface area contributed by atoms with Crippen molar-refractivity contribution in [2.45, 2.75) is 24.8 Å². The van der Waals surface area contributed by atoms with Crippen LogP contribution in [0.1, 0.15) is 24.1 Å². The fourth-order valence-electron chi connectivity index (χ4n) is 2.46. The third-order valence-electron chi connectivity index (χ3n) is 4.19. The van der Waals surface area contributed by atoms with E-state index in [4.69, 9.17) is 9.88 Å². The monoisotopic (exact) mass is 377 g/mol. The van der Waals surface area contributed by atoms with Crippen molar-refractivity contribution in [3.05, 3.63) is 53.6 Å². The van der Waals surface area contributed by atoms with Gasteiger partial charge in [0.1, 0.15) is 5.75 Å². The molecule has 0 spiro atoms. The largest absolute Gasteiger partial charge is 0.495 e. The lowest BCUT2D eigenvalue weighted by molar-refractivity contribution is 0.208. The molecular weight excluding hydrogens is 354 g/mol. The number of nitrogens with one attached hydrogen (secondary N) is 1. The fraction of sp³-hybridized carbons (Fsp3) is 0.278. The number of nitrogens with zero attached hydrogens (tertiary/aromatic N) is 1. The highest BCUT2D eigenvalue weighted by molar-refractivity contribution is 7.89. The molecule has 0 radical (unpaired) electrons. The number of carbonyl (C=O) groups excluding carboxylic acids is 1. The third kappa shape index (κ3) is 4.53. The van der Waals surface area contributed by atoms with E-state index >= 15 is 0 Å². The van der Waals surface area contributed by atoms with Crippen molar-refractivity contribution in [3.8, 4) is 5.75 Å². The first-order valence-corrected chi connectivity index (χ1v) is 9.49. The van der Waals surface area contributed by atoms with E-state index in [-0.39, 0.29) is 17.0 Å². The molecule has 0 unspecified atom stereocenters. The molecular formula is C18H23N3O4S. The van der Waals surface area contributed by atoms with Crippen molar-refractivity contribution < 1.29 is 17.9 Å². The van der Waals surface area contributed by atoms with Gasteiger partial charge in [0.25, 0.3) is 0 Å². The number of ether oxygens (including phenoxy) is 1. The zero-order chi connectivity index (χ0) is 19.5. The number of benzene rings is 2. The highest BCUT2D eigenvalue weighted by atomic mass is 32.2. The number of hydrogen-bond donors (Lipinski definition) is 2. The van der Waals surface area contributed by atoms with Gasteiger partial charge < -0.3 is 15.0 Å². The number of carbonyl (C=O) groups is 1. The Hall–Kier alpha value is -2.58. The van der Waals surface area contributed by atoms with E-state index in [1.807, 2.05) is 26.0 Å². The van der Waals surface area contributed by atoms with Gasteiger partial charge in [-0.05, 0) is 49.2 Å². The second-order valence-electron chi connectivity index (χ2n) is 6.03. The van der Waals surface area contributed by atoms with E-state index in [9.17, 15) is 13.2 Å². The lowest BCUT2D eigenvalue weighted by atomic mass is 10.1. The molecule has 3 N–H and O–H groups in total. The van der Waals surface area contributed by atoms with Crippen LogP contribution in [0.15, 0.2) is 47.4 Å². The molecule has 2 amide bonds. The molecule has 0 aliphatic rings. The summed E-state index contributed by atoms with van der Waals surface area (Å²) in [6.45, 7) is 3.77. The number of urea groups is 1. The Balaban J connectivity index is 2.16. The zero-order valence-corrected chi connectivity index (χ0v) is 16.0. The van der Waals surface area contributed by atoms with Crippen LogP contribution in [0.5, 0.6) is 5.75 Å². The van der Waals surface area contributed by atoms with Gasteiger partial charge in [-0.25, -0.2) is 18.4 Å². The summed E-state index contributed by atoms with van der Waals surface area (Å²) in [4.78, 5) is 14.1. The summed E-state index contributed by atoms with van der Waals surface area (Å²) in [7, 11) is -0.537. The molecule has 0 saturated carbocycles. The lowest BCUT2D eigenvalue weighted by Crippen LogP contribution is -2.33. The molecule has 0 aliphatic heterocycles. The fourth-order valence-corrected chi connectivity index (χ4v) is 2.97. The number of nitrogens with two attached hydrogens (primary N) is 1. The number of aryl methyl sites for hydroxylation is 1. The molecule has 1 atom stereocenters. The summed E-state index contributed by atoms with van der Waals surface area (Å²) < 4.78 is 27.9. The summed E-state index contributed by atoms with van der Waals surface area (Å²) in [5.41, 5.74) is 2.36. The highest BCUT2D eigenvalue weighted by Crippen LogP contribution is 2.27. The smallest absolute Gasteiger partial charge is 0.322 e. The predicted octanol–water partition coefficient (Wildman–Crippen LogP) is 2.88. The maximum absolute atomic E-state index is 12.6. The second kappa shape index (κ2) is 7.76. The number of methoxy groups -OCH3 is 1. The Morgan fingerprint density at radius 3 is 2.35 bits per heavy atom. The molecule has 7 nitrogen and oxygen atoms in total. The van der Waals surface area contributed by atoms with E-state index in [1.165, 1.54) is 17.0 Å². The van der Waals surface area contributed by atoms with Crippen LogP contribution in [-0.2, 0) is 10.0 Å². The van der Waals surface area contributed by atoms with Crippen LogP contribution in [0.3, 0.4) is 0 Å². The number of hydrogen-bond acceptors (Lipinski definition) is 4. The van der Waals surface area contributed by atoms with Crippen LogP contribution >= 0.6 is 0 Å². The SMILES string of the molecule is COc1ccc(C)cc1NC(=O)N(C)[C@@H](C)c1ccc(S(N)(=O)=O)cc1. The minimum Gasteiger partial charge on any atom is -0.495 e. The molecule has 2 aromatic rings. The van der Waals surface area contributed by atoms with Gasteiger partial charge in [-0.2, -0.15) is 0 Å². The van der Waals surface area contributed by atoms with E-state index in [0.717, 1.165) is 11.1 Å². The summed E-state index contributed by atoms with van der Waals surface area (Å²) in [5, 5.41) is 7.94. The van der Waals surface area contributed by atoms with Gasteiger partial charge in [-0.1, -0.05) is 18.2 Å². The molecule has 140 valence electrons. The van der Waals surface area contributed by atoms with Gasteiger partial charge in [0.2, 0.25) is 10.0 Å². The van der Waals surface area contributed by atoms with Crippen LogP contribution in [-0.4, -0.2) is 33.5 Å². The molecule has 0 bridgehead atoms. The van der Waals surface area contributed by atoms with Gasteiger partial charge in [0.15, 0.2) is 0 Å². The minimum absolute atomic E-state index is 0.0325. The van der Waals surface area contributed by atoms with E-state index in [2.05, 4.69) is 5.32 Å². The van der Waals surface area contributed by atoms with Crippen LogP contribution in [0.25, 0.3) is 0 Å². The third-order valence-corrected chi connectivity index (χ3v) is 5.12. The molecule has 0 aliphatic carbocycles. The van der Waals surface area contributed by atoms with Crippen molar-refractivity contribution in [3.63, 3.8) is 0 Å². The summed E-state index contributed by atoms with van der Waals surface area (Å²) >= 11 is 0. The lowest BCUT2D eigenvalue weighted by Gasteiger charge is -2.26. The van der Waals surface area contributed by atoms with Gasteiger partial charge in [0.05, 0.1) is 23.7 Å². The minimum atomic E-state index is -3.74. The Morgan fingerprint density at radius 1 is 1.19 bits per heavy atom. The molecule has 2 rings (SSSR count). The van der Waals surface area contributed by atoms with Crippen LogP contribution < -0.4 is 15.2 Å². The van der Waals surface area contributed by atoms with Gasteiger partial charge in [-0.15, -0.1) is 0 Å². The maximum atomic E-state index is 12.6. The van der Waals surface area contributed by atoms with E-state index in [1.54, 1.807) is 32.4 Å². The summed E-state index contributed by atoms with van der Waals surface area (Å²) in [5.74, 6) is 0.572. The van der Waals surface area contributed by atoms with Crippen molar-refractivity contribution >= 4 is 21.7 Å². The highest BCUT2D eigenvalue weighted by Gasteiger charge is 2.19. The van der Waals surface area contributed by atoms with Crippen LogP contribution in [0.2, 0.25) is 0 Å². The second-order valence-corrected chi connectivity index (χ2v) is 7.60. The number of rotatable bonds is 5. The summed E-state index contributed by atoms with van der Waals surface area (Å²) in [6.07, 6.45) is 0. The first-order valence-electron chi connectivity index (χ1n) is 7.94. The average molecular weight is 377 g/mol. The number of sulfonamides is 1. The quantitative estimate of drug-likeness (QED) is 0.836. The predicted molar refractivity (Wildman–Crippen MR) is 101 cm³/mol. The van der Waals surface area contributed by atoms with Crippen molar-refractivity contribution in [1.29, 1.82) is 0 Å². The average Bonchev–Trinajstić information content (AvgIpc) is 2.60. The van der Waals surface area contributed by atoms with Crippen molar-refractivity contribution in [2.75, 3.05) is 19.5 Å². The number of amides is 2. The first-order chi connectivity index (χ1) is 12.1. The maximum Gasteiger partial charge on any atom is 0.322 e. The first kappa shape index (κ1) is 19.7. The Morgan fingerprint density at radius 2 is 1.81 bits per heavy atom.